The van der Waals surface area contributed by atoms with E-state index in [1.165, 1.54) is 12.5 Å². The predicted molar refractivity (Wildman–Crippen MR) is 92.6 cm³/mol. The summed E-state index contributed by atoms with van der Waals surface area (Å²) in [4.78, 5) is 35.1. The first-order valence-electron chi connectivity index (χ1n) is 8.47. The van der Waals surface area contributed by atoms with Crippen molar-refractivity contribution >= 4 is 24.2 Å². The summed E-state index contributed by atoms with van der Waals surface area (Å²) < 4.78 is 0. The zero-order valence-electron chi connectivity index (χ0n) is 13.8. The maximum atomic E-state index is 12.2. The highest BCUT2D eigenvalue weighted by molar-refractivity contribution is 5.94. The van der Waals surface area contributed by atoms with Crippen LogP contribution >= 0.6 is 0 Å². The van der Waals surface area contributed by atoms with E-state index in [9.17, 15) is 14.4 Å². The lowest BCUT2D eigenvalue weighted by Crippen LogP contribution is -2.46. The fraction of sp³-hybridized carbons (Fsp3) is 0.421. The summed E-state index contributed by atoms with van der Waals surface area (Å²) in [6.07, 6.45) is 9.71. The van der Waals surface area contributed by atoms with E-state index >= 15 is 0 Å². The Kier molecular flexibility index (Phi) is 7.21. The van der Waals surface area contributed by atoms with Crippen molar-refractivity contribution in [2.45, 2.75) is 38.5 Å². The third kappa shape index (κ3) is 5.99. The summed E-state index contributed by atoms with van der Waals surface area (Å²) in [6.45, 7) is -0.158. The van der Waals surface area contributed by atoms with Gasteiger partial charge < -0.3 is 4.79 Å². The second-order valence-electron chi connectivity index (χ2n) is 6.10. The van der Waals surface area contributed by atoms with Gasteiger partial charge in [0, 0.05) is 12.5 Å². The molecule has 1 aromatic rings. The van der Waals surface area contributed by atoms with Crippen LogP contribution in [0.15, 0.2) is 36.4 Å². The number of hydrogen-bond acceptors (Lipinski definition) is 3. The normalized spacial score (nSPS) is 15.2. The predicted octanol–water partition coefficient (Wildman–Crippen LogP) is 2.73. The van der Waals surface area contributed by atoms with Crippen LogP contribution in [0.3, 0.4) is 0 Å². The quantitative estimate of drug-likeness (QED) is 0.496. The number of hydrogen-bond donors (Lipinski definition) is 1. The van der Waals surface area contributed by atoms with Crippen molar-refractivity contribution in [2.24, 2.45) is 5.92 Å². The van der Waals surface area contributed by atoms with Gasteiger partial charge in [-0.3, -0.25) is 15.0 Å². The molecular formula is C19H24N2O3. The van der Waals surface area contributed by atoms with Crippen molar-refractivity contribution in [1.29, 1.82) is 0 Å². The number of aldehydes is 1. The maximum Gasteiger partial charge on any atom is 0.265 e. The Balaban J connectivity index is 1.89. The van der Waals surface area contributed by atoms with E-state index in [0.29, 0.717) is 18.6 Å². The van der Waals surface area contributed by atoms with Crippen molar-refractivity contribution in [3.05, 3.63) is 42.0 Å². The van der Waals surface area contributed by atoms with E-state index < -0.39 is 5.91 Å². The van der Waals surface area contributed by atoms with Crippen LogP contribution in [0.5, 0.6) is 0 Å². The summed E-state index contributed by atoms with van der Waals surface area (Å²) in [5, 5.41) is 1.07. The van der Waals surface area contributed by atoms with Crippen molar-refractivity contribution in [3.63, 3.8) is 0 Å². The molecule has 1 saturated carbocycles. The molecule has 0 atom stereocenters. The van der Waals surface area contributed by atoms with Crippen LogP contribution in [0.4, 0.5) is 0 Å². The van der Waals surface area contributed by atoms with Crippen LogP contribution < -0.4 is 5.43 Å². The number of carbonyl (C=O) groups is 3. The van der Waals surface area contributed by atoms with Gasteiger partial charge in [0.05, 0.1) is 6.54 Å². The molecule has 24 heavy (non-hydrogen) atoms. The molecule has 0 radical (unpaired) electrons. The lowest BCUT2D eigenvalue weighted by molar-refractivity contribution is -0.139. The zero-order valence-corrected chi connectivity index (χ0v) is 13.8. The van der Waals surface area contributed by atoms with E-state index in [4.69, 9.17) is 0 Å². The molecule has 1 aliphatic rings. The molecule has 0 unspecified atom stereocenters. The monoisotopic (exact) mass is 328 g/mol. The standard InChI is InChI=1S/C19H24N2O3/c22-14-13-21(19(24)12-11-16-7-3-1-4-8-16)20-18(23)15-17-9-5-2-6-10-17/h1,3-4,7-8,11-12,14,17H,2,5-6,9-10,13,15H2,(H,20,23). The average Bonchev–Trinajstić information content (AvgIpc) is 2.61. The van der Waals surface area contributed by atoms with Crippen LogP contribution in [0.1, 0.15) is 44.1 Å². The first kappa shape index (κ1) is 17.9. The molecular weight excluding hydrogens is 304 g/mol. The van der Waals surface area contributed by atoms with Crippen LogP contribution in [-0.4, -0.2) is 29.7 Å². The largest absolute Gasteiger partial charge is 0.301 e. The molecule has 0 aliphatic heterocycles. The molecule has 1 aromatic carbocycles. The zero-order chi connectivity index (χ0) is 17.2. The van der Waals surface area contributed by atoms with Gasteiger partial charge in [-0.2, -0.15) is 0 Å². The highest BCUT2D eigenvalue weighted by atomic mass is 16.2. The number of carbonyl (C=O) groups excluding carboxylic acids is 3. The van der Waals surface area contributed by atoms with Gasteiger partial charge in [-0.15, -0.1) is 0 Å². The van der Waals surface area contributed by atoms with E-state index in [-0.39, 0.29) is 12.5 Å². The summed E-state index contributed by atoms with van der Waals surface area (Å²) in [6, 6.07) is 9.38. The van der Waals surface area contributed by atoms with Crippen molar-refractivity contribution < 1.29 is 14.4 Å². The molecule has 1 aliphatic carbocycles. The minimum Gasteiger partial charge on any atom is -0.301 e. The van der Waals surface area contributed by atoms with Crippen LogP contribution in [0.25, 0.3) is 6.08 Å². The highest BCUT2D eigenvalue weighted by Gasteiger charge is 2.19. The number of rotatable bonds is 6. The molecule has 2 rings (SSSR count). The summed E-state index contributed by atoms with van der Waals surface area (Å²) >= 11 is 0. The van der Waals surface area contributed by atoms with Gasteiger partial charge in [0.2, 0.25) is 5.91 Å². The molecule has 128 valence electrons. The number of benzene rings is 1. The highest BCUT2D eigenvalue weighted by Crippen LogP contribution is 2.26. The first-order valence-corrected chi connectivity index (χ1v) is 8.47. The second-order valence-corrected chi connectivity index (χ2v) is 6.10. The van der Waals surface area contributed by atoms with Gasteiger partial charge >= 0.3 is 0 Å². The van der Waals surface area contributed by atoms with E-state index in [1.807, 2.05) is 30.3 Å². The van der Waals surface area contributed by atoms with Crippen LogP contribution in [0, 0.1) is 5.92 Å². The Morgan fingerprint density at radius 3 is 2.50 bits per heavy atom. The minimum atomic E-state index is -0.414. The SMILES string of the molecule is O=CCN(NC(=O)CC1CCCCC1)C(=O)C=Cc1ccccc1. The van der Waals surface area contributed by atoms with Crippen LogP contribution in [-0.2, 0) is 14.4 Å². The Morgan fingerprint density at radius 2 is 1.83 bits per heavy atom. The Morgan fingerprint density at radius 1 is 1.12 bits per heavy atom. The summed E-state index contributed by atoms with van der Waals surface area (Å²) in [5.74, 6) is -0.236. The Labute approximate surface area is 142 Å². The average molecular weight is 328 g/mol. The van der Waals surface area contributed by atoms with Gasteiger partial charge in [-0.25, -0.2) is 5.01 Å². The minimum absolute atomic E-state index is 0.158. The maximum absolute atomic E-state index is 12.2. The third-order valence-corrected chi connectivity index (χ3v) is 4.20. The number of nitrogens with one attached hydrogen (secondary N) is 1. The smallest absolute Gasteiger partial charge is 0.265 e. The Bertz CT molecular complexity index is 578. The molecule has 1 fully saturated rings. The van der Waals surface area contributed by atoms with Crippen LogP contribution in [0.2, 0.25) is 0 Å². The Hall–Kier alpha value is -2.43. The molecule has 5 heteroatoms. The molecule has 0 spiro atoms. The lowest BCUT2D eigenvalue weighted by Gasteiger charge is -2.24. The van der Waals surface area contributed by atoms with Gasteiger partial charge in [-0.1, -0.05) is 49.6 Å². The number of hydrazine groups is 1. The van der Waals surface area contributed by atoms with Gasteiger partial charge in [0.25, 0.3) is 5.91 Å². The van der Waals surface area contributed by atoms with Crippen molar-refractivity contribution in [1.82, 2.24) is 10.4 Å². The molecule has 0 saturated heterocycles. The van der Waals surface area contributed by atoms with Gasteiger partial charge in [0.15, 0.2) is 0 Å². The van der Waals surface area contributed by atoms with E-state index in [0.717, 1.165) is 36.3 Å². The van der Waals surface area contributed by atoms with E-state index in [1.54, 1.807) is 6.08 Å². The topological polar surface area (TPSA) is 66.5 Å². The fourth-order valence-corrected chi connectivity index (χ4v) is 2.94. The van der Waals surface area contributed by atoms with Gasteiger partial charge in [-0.05, 0) is 30.4 Å². The fourth-order valence-electron chi connectivity index (χ4n) is 2.94. The molecule has 0 heterocycles. The molecule has 0 aromatic heterocycles. The first-order chi connectivity index (χ1) is 11.7. The van der Waals surface area contributed by atoms with E-state index in [2.05, 4.69) is 5.43 Å². The number of amides is 2. The summed E-state index contributed by atoms with van der Waals surface area (Å²) in [7, 11) is 0. The molecule has 0 bridgehead atoms. The second kappa shape index (κ2) is 9.65. The molecule has 1 N–H and O–H groups in total. The molecule has 2 amide bonds. The molecule has 5 nitrogen and oxygen atoms in total. The lowest BCUT2D eigenvalue weighted by atomic mass is 9.87. The number of nitrogens with zero attached hydrogens (tertiary/aromatic N) is 1. The third-order valence-electron chi connectivity index (χ3n) is 4.20. The van der Waals surface area contributed by atoms with Crippen molar-refractivity contribution in [2.75, 3.05) is 6.54 Å². The van der Waals surface area contributed by atoms with Gasteiger partial charge in [0.1, 0.15) is 6.29 Å². The summed E-state index contributed by atoms with van der Waals surface area (Å²) in [5.41, 5.74) is 3.44. The van der Waals surface area contributed by atoms with Crippen molar-refractivity contribution in [3.8, 4) is 0 Å².